The first-order valence-electron chi connectivity index (χ1n) is 10.2. The van der Waals surface area contributed by atoms with Crippen LogP contribution in [0, 0.1) is 11.3 Å². The molecule has 2 N–H and O–H groups in total. The zero-order chi connectivity index (χ0) is 22.4. The predicted molar refractivity (Wildman–Crippen MR) is 118 cm³/mol. The maximum Gasteiger partial charge on any atom is 0.163 e. The van der Waals surface area contributed by atoms with Crippen LogP contribution in [0.3, 0.4) is 0 Å². The molecular weight excluding hydrogens is 390 g/mol. The summed E-state index contributed by atoms with van der Waals surface area (Å²) >= 11 is 0. The van der Waals surface area contributed by atoms with Gasteiger partial charge in [0.15, 0.2) is 5.78 Å². The van der Waals surface area contributed by atoms with E-state index >= 15 is 0 Å². The van der Waals surface area contributed by atoms with Crippen LogP contribution in [-0.4, -0.2) is 16.0 Å². The van der Waals surface area contributed by atoms with Gasteiger partial charge in [-0.1, -0.05) is 43.7 Å². The Balaban J connectivity index is 1.81. The number of nitrogens with zero attached hydrogens (tertiary/aromatic N) is 1. The molecule has 1 atom stereocenters. The Morgan fingerprint density at radius 1 is 1.10 bits per heavy atom. The lowest BCUT2D eigenvalue weighted by atomic mass is 9.98. The molecule has 0 radical (unpaired) electrons. The van der Waals surface area contributed by atoms with Gasteiger partial charge in [-0.15, -0.1) is 0 Å². The molecule has 5 nitrogen and oxygen atoms in total. The second kappa shape index (κ2) is 9.92. The number of nitriles is 1. The van der Waals surface area contributed by atoms with E-state index < -0.39 is 6.10 Å². The molecule has 0 heterocycles. The molecule has 0 aliphatic heterocycles. The van der Waals surface area contributed by atoms with Crippen LogP contribution in [0.15, 0.2) is 60.7 Å². The number of aliphatic hydroxyl groups excluding tert-OH is 1. The minimum absolute atomic E-state index is 0.0200. The first kappa shape index (κ1) is 22.1. The lowest BCUT2D eigenvalue weighted by Crippen LogP contribution is -2.04. The third-order valence-corrected chi connectivity index (χ3v) is 5.11. The fourth-order valence-corrected chi connectivity index (χ4v) is 3.51. The smallest absolute Gasteiger partial charge is 0.163 e. The number of ketones is 1. The summed E-state index contributed by atoms with van der Waals surface area (Å²) in [4.78, 5) is 11.7. The predicted octanol–water partition coefficient (Wildman–Crippen LogP) is 5.08. The SMILES string of the molecule is CCCc1c(OCc2cccc(C(O)c3cccc(C#N)c3)c2)ccc(C(C)=O)c1O. The fraction of sp³-hybridized carbons (Fsp3) is 0.231. The summed E-state index contributed by atoms with van der Waals surface area (Å²) in [7, 11) is 0. The second-order valence-corrected chi connectivity index (χ2v) is 7.42. The molecule has 3 rings (SSSR count). The van der Waals surface area contributed by atoms with E-state index in [1.54, 1.807) is 36.4 Å². The zero-order valence-corrected chi connectivity index (χ0v) is 17.6. The van der Waals surface area contributed by atoms with Crippen molar-refractivity contribution in [2.45, 2.75) is 39.4 Å². The molecular formula is C26H25NO4. The summed E-state index contributed by atoms with van der Waals surface area (Å²) in [6.07, 6.45) is 0.535. The Hall–Kier alpha value is -3.62. The Morgan fingerprint density at radius 2 is 1.81 bits per heavy atom. The molecule has 0 aliphatic rings. The molecule has 158 valence electrons. The zero-order valence-electron chi connectivity index (χ0n) is 17.6. The van der Waals surface area contributed by atoms with Crippen molar-refractivity contribution >= 4 is 5.78 Å². The number of carbonyl (C=O) groups excluding carboxylic acids is 1. The third-order valence-electron chi connectivity index (χ3n) is 5.11. The molecule has 5 heteroatoms. The van der Waals surface area contributed by atoms with Crippen molar-refractivity contribution in [3.8, 4) is 17.6 Å². The molecule has 3 aromatic carbocycles. The number of aliphatic hydroxyl groups is 1. The molecule has 31 heavy (non-hydrogen) atoms. The van der Waals surface area contributed by atoms with Crippen molar-refractivity contribution < 1.29 is 19.7 Å². The van der Waals surface area contributed by atoms with Crippen LogP contribution in [0.2, 0.25) is 0 Å². The maximum absolute atomic E-state index is 11.7. The molecule has 0 bridgehead atoms. The molecule has 1 unspecified atom stereocenters. The van der Waals surface area contributed by atoms with E-state index in [1.807, 2.05) is 31.2 Å². The van der Waals surface area contributed by atoms with Crippen LogP contribution in [-0.2, 0) is 13.0 Å². The highest BCUT2D eigenvalue weighted by Crippen LogP contribution is 2.33. The van der Waals surface area contributed by atoms with Gasteiger partial charge in [0, 0.05) is 5.56 Å². The van der Waals surface area contributed by atoms with Gasteiger partial charge in [0.05, 0.1) is 17.2 Å². The summed E-state index contributed by atoms with van der Waals surface area (Å²) in [6, 6.07) is 19.7. The first-order chi connectivity index (χ1) is 14.9. The third kappa shape index (κ3) is 5.11. The van der Waals surface area contributed by atoms with Gasteiger partial charge >= 0.3 is 0 Å². The van der Waals surface area contributed by atoms with Gasteiger partial charge in [-0.3, -0.25) is 4.79 Å². The minimum atomic E-state index is -0.859. The number of rotatable bonds is 8. The van der Waals surface area contributed by atoms with Gasteiger partial charge in [0.1, 0.15) is 24.2 Å². The van der Waals surface area contributed by atoms with E-state index in [0.717, 1.165) is 12.0 Å². The highest BCUT2D eigenvalue weighted by atomic mass is 16.5. The van der Waals surface area contributed by atoms with E-state index in [2.05, 4.69) is 6.07 Å². The summed E-state index contributed by atoms with van der Waals surface area (Å²) in [6.45, 7) is 3.67. The normalized spacial score (nSPS) is 11.5. The second-order valence-electron chi connectivity index (χ2n) is 7.42. The molecule has 0 aliphatic carbocycles. The Labute approximate surface area is 182 Å². The lowest BCUT2D eigenvalue weighted by molar-refractivity contribution is 0.101. The van der Waals surface area contributed by atoms with Crippen molar-refractivity contribution in [1.82, 2.24) is 0 Å². The topological polar surface area (TPSA) is 90.5 Å². The van der Waals surface area contributed by atoms with Gasteiger partial charge in [0.2, 0.25) is 0 Å². The highest BCUT2D eigenvalue weighted by molar-refractivity contribution is 5.97. The number of hydrogen-bond donors (Lipinski definition) is 2. The van der Waals surface area contributed by atoms with Crippen LogP contribution in [0.5, 0.6) is 11.5 Å². The van der Waals surface area contributed by atoms with Crippen LogP contribution in [0.25, 0.3) is 0 Å². The Morgan fingerprint density at radius 3 is 2.48 bits per heavy atom. The molecule has 0 spiro atoms. The quantitative estimate of drug-likeness (QED) is 0.501. The van der Waals surface area contributed by atoms with Crippen molar-refractivity contribution in [2.75, 3.05) is 0 Å². The van der Waals surface area contributed by atoms with Crippen LogP contribution < -0.4 is 4.74 Å². The van der Waals surface area contributed by atoms with Crippen LogP contribution in [0.4, 0.5) is 0 Å². The largest absolute Gasteiger partial charge is 0.507 e. The molecule has 0 aromatic heterocycles. The molecule has 0 saturated carbocycles. The Kier molecular flexibility index (Phi) is 7.07. The number of hydrogen-bond acceptors (Lipinski definition) is 5. The molecule has 0 amide bonds. The summed E-state index contributed by atoms with van der Waals surface area (Å²) in [5, 5.41) is 30.3. The number of phenols is 1. The van der Waals surface area contributed by atoms with E-state index in [0.29, 0.717) is 40.0 Å². The number of Topliss-reactive ketones (excluding diaryl/α,β-unsaturated/α-hetero) is 1. The van der Waals surface area contributed by atoms with Crippen molar-refractivity contribution in [2.24, 2.45) is 0 Å². The standard InChI is InChI=1S/C26H25NO4/c1-3-6-23-24(12-11-22(17(2)28)26(23)30)31-16-19-8-5-10-21(14-19)25(29)20-9-4-7-18(13-20)15-27/h4-5,7-14,25,29-30H,3,6,16H2,1-2H3. The fourth-order valence-electron chi connectivity index (χ4n) is 3.51. The Bertz CT molecular complexity index is 1130. The minimum Gasteiger partial charge on any atom is -0.507 e. The van der Waals surface area contributed by atoms with E-state index in [1.165, 1.54) is 6.92 Å². The summed E-state index contributed by atoms with van der Waals surface area (Å²) in [5.41, 5.74) is 3.60. The van der Waals surface area contributed by atoms with Crippen LogP contribution >= 0.6 is 0 Å². The van der Waals surface area contributed by atoms with Crippen molar-refractivity contribution in [3.63, 3.8) is 0 Å². The van der Waals surface area contributed by atoms with Gasteiger partial charge in [-0.2, -0.15) is 5.26 Å². The number of phenolic OH excluding ortho intramolecular Hbond substituents is 1. The highest BCUT2D eigenvalue weighted by Gasteiger charge is 2.16. The number of ether oxygens (including phenoxy) is 1. The average molecular weight is 415 g/mol. The van der Waals surface area contributed by atoms with Crippen LogP contribution in [0.1, 0.15) is 64.5 Å². The van der Waals surface area contributed by atoms with E-state index in [4.69, 9.17) is 10.00 Å². The monoisotopic (exact) mass is 415 g/mol. The van der Waals surface area contributed by atoms with Gasteiger partial charge in [-0.25, -0.2) is 0 Å². The number of benzene rings is 3. The number of aromatic hydroxyl groups is 1. The van der Waals surface area contributed by atoms with Crippen molar-refractivity contribution in [3.05, 3.63) is 94.0 Å². The average Bonchev–Trinajstić information content (AvgIpc) is 2.79. The maximum atomic E-state index is 11.7. The van der Waals surface area contributed by atoms with E-state index in [-0.39, 0.29) is 18.1 Å². The lowest BCUT2D eigenvalue weighted by Gasteiger charge is -2.16. The first-order valence-corrected chi connectivity index (χ1v) is 10.2. The van der Waals surface area contributed by atoms with E-state index in [9.17, 15) is 15.0 Å². The molecule has 0 fully saturated rings. The molecule has 0 saturated heterocycles. The van der Waals surface area contributed by atoms with Crippen molar-refractivity contribution in [1.29, 1.82) is 5.26 Å². The number of carbonyl (C=O) groups is 1. The molecule has 3 aromatic rings. The van der Waals surface area contributed by atoms with Gasteiger partial charge < -0.3 is 14.9 Å². The van der Waals surface area contributed by atoms with Gasteiger partial charge in [0.25, 0.3) is 0 Å². The summed E-state index contributed by atoms with van der Waals surface area (Å²) in [5.74, 6) is 0.328. The summed E-state index contributed by atoms with van der Waals surface area (Å²) < 4.78 is 5.97. The van der Waals surface area contributed by atoms with Gasteiger partial charge in [-0.05, 0) is 60.4 Å².